The number of nitrogens with zero attached hydrogens (tertiary/aromatic N) is 1. The van der Waals surface area contributed by atoms with Gasteiger partial charge in [0.2, 0.25) is 0 Å². The average Bonchev–Trinajstić information content (AvgIpc) is 2.68. The van der Waals surface area contributed by atoms with E-state index in [1.165, 1.54) is 29.2 Å². The Bertz CT molecular complexity index is 482. The first kappa shape index (κ1) is 15.1. The van der Waals surface area contributed by atoms with Gasteiger partial charge in [-0.05, 0) is 36.0 Å². The van der Waals surface area contributed by atoms with Crippen LogP contribution in [0, 0.1) is 0 Å². The molecule has 0 radical (unpaired) electrons. The van der Waals surface area contributed by atoms with Gasteiger partial charge in [-0.15, -0.1) is 0 Å². The van der Waals surface area contributed by atoms with Crippen LogP contribution in [0.1, 0.15) is 10.4 Å². The standard InChI is InChI=1S/C12H12F3NO3S/c13-12(14,15)20-8-3-1-7(2-4-8)11(19)16-5-9(17)10(18)6-16/h1-4,9-10,17-18H,5-6H2. The minimum atomic E-state index is -4.37. The number of carbonyl (C=O) groups is 1. The normalized spacial score (nSPS) is 23.1. The van der Waals surface area contributed by atoms with E-state index in [1.54, 1.807) is 0 Å². The Kier molecular flexibility index (Phi) is 4.26. The molecule has 1 aliphatic rings. The van der Waals surface area contributed by atoms with Gasteiger partial charge in [0.1, 0.15) is 0 Å². The van der Waals surface area contributed by atoms with Gasteiger partial charge < -0.3 is 15.1 Å². The molecule has 2 N–H and O–H groups in total. The van der Waals surface area contributed by atoms with Gasteiger partial charge in [0.15, 0.2) is 0 Å². The SMILES string of the molecule is O=C(c1ccc(SC(F)(F)F)cc1)N1CC(O)C(O)C1. The molecule has 8 heteroatoms. The molecule has 1 fully saturated rings. The van der Waals surface area contributed by atoms with Gasteiger partial charge >= 0.3 is 5.51 Å². The summed E-state index contributed by atoms with van der Waals surface area (Å²) in [5.41, 5.74) is -4.15. The Balaban J connectivity index is 2.05. The molecule has 0 aromatic heterocycles. The van der Waals surface area contributed by atoms with E-state index in [1.807, 2.05) is 0 Å². The number of alkyl halides is 3. The van der Waals surface area contributed by atoms with Crippen LogP contribution in [0.3, 0.4) is 0 Å². The van der Waals surface area contributed by atoms with Crippen molar-refractivity contribution in [3.05, 3.63) is 29.8 Å². The third kappa shape index (κ3) is 3.65. The molecular formula is C12H12F3NO3S. The number of aliphatic hydroxyl groups excluding tert-OH is 2. The number of carbonyl (C=O) groups excluding carboxylic acids is 1. The first-order chi connectivity index (χ1) is 9.26. The summed E-state index contributed by atoms with van der Waals surface area (Å²) < 4.78 is 36.5. The topological polar surface area (TPSA) is 60.8 Å². The van der Waals surface area contributed by atoms with E-state index < -0.39 is 23.6 Å². The summed E-state index contributed by atoms with van der Waals surface area (Å²) >= 11 is -0.251. The number of hydrogen-bond donors (Lipinski definition) is 2. The monoisotopic (exact) mass is 307 g/mol. The molecule has 1 aromatic rings. The lowest BCUT2D eigenvalue weighted by atomic mass is 10.2. The minimum absolute atomic E-state index is 0.00413. The van der Waals surface area contributed by atoms with Gasteiger partial charge in [-0.2, -0.15) is 13.2 Å². The smallest absolute Gasteiger partial charge is 0.388 e. The molecule has 2 atom stereocenters. The largest absolute Gasteiger partial charge is 0.446 e. The van der Waals surface area contributed by atoms with Crippen LogP contribution in [-0.4, -0.2) is 51.8 Å². The molecule has 2 unspecified atom stereocenters. The molecular weight excluding hydrogens is 295 g/mol. The van der Waals surface area contributed by atoms with Gasteiger partial charge in [0.05, 0.1) is 12.2 Å². The van der Waals surface area contributed by atoms with E-state index in [2.05, 4.69) is 0 Å². The molecule has 1 aliphatic heterocycles. The number of thioether (sulfide) groups is 1. The van der Waals surface area contributed by atoms with Crippen LogP contribution in [-0.2, 0) is 0 Å². The van der Waals surface area contributed by atoms with E-state index >= 15 is 0 Å². The maximum atomic E-state index is 12.2. The molecule has 1 aromatic carbocycles. The highest BCUT2D eigenvalue weighted by Crippen LogP contribution is 2.36. The molecule has 0 bridgehead atoms. The fraction of sp³-hybridized carbons (Fsp3) is 0.417. The zero-order valence-electron chi connectivity index (χ0n) is 10.2. The predicted octanol–water partition coefficient (Wildman–Crippen LogP) is 1.48. The van der Waals surface area contributed by atoms with E-state index in [-0.39, 0.29) is 35.3 Å². The van der Waals surface area contributed by atoms with Crippen LogP contribution in [0.4, 0.5) is 13.2 Å². The molecule has 1 heterocycles. The molecule has 4 nitrogen and oxygen atoms in total. The number of aliphatic hydroxyl groups is 2. The van der Waals surface area contributed by atoms with Crippen molar-refractivity contribution in [3.63, 3.8) is 0 Å². The van der Waals surface area contributed by atoms with E-state index in [0.29, 0.717) is 0 Å². The number of hydrogen-bond acceptors (Lipinski definition) is 4. The number of halogens is 3. The second-order valence-electron chi connectivity index (χ2n) is 4.42. The van der Waals surface area contributed by atoms with Crippen LogP contribution in [0.15, 0.2) is 29.2 Å². The first-order valence-electron chi connectivity index (χ1n) is 5.77. The van der Waals surface area contributed by atoms with Gasteiger partial charge in [-0.25, -0.2) is 0 Å². The minimum Gasteiger partial charge on any atom is -0.388 e. The van der Waals surface area contributed by atoms with Crippen LogP contribution in [0.5, 0.6) is 0 Å². The van der Waals surface area contributed by atoms with Crippen molar-refractivity contribution in [1.82, 2.24) is 4.90 Å². The van der Waals surface area contributed by atoms with Crippen molar-refractivity contribution in [1.29, 1.82) is 0 Å². The van der Waals surface area contributed by atoms with Crippen LogP contribution in [0.2, 0.25) is 0 Å². The summed E-state index contributed by atoms with van der Waals surface area (Å²) in [7, 11) is 0. The molecule has 2 rings (SSSR count). The molecule has 1 amide bonds. The highest BCUT2D eigenvalue weighted by molar-refractivity contribution is 8.00. The Labute approximate surface area is 117 Å². The summed E-state index contributed by atoms with van der Waals surface area (Å²) in [6, 6.07) is 5.03. The maximum Gasteiger partial charge on any atom is 0.446 e. The molecule has 0 saturated carbocycles. The second-order valence-corrected chi connectivity index (χ2v) is 5.56. The number of rotatable bonds is 2. The van der Waals surface area contributed by atoms with Crippen molar-refractivity contribution in [2.75, 3.05) is 13.1 Å². The summed E-state index contributed by atoms with van der Waals surface area (Å²) in [5, 5.41) is 18.7. The van der Waals surface area contributed by atoms with E-state index in [9.17, 15) is 28.2 Å². The quantitative estimate of drug-likeness (QED) is 0.813. The van der Waals surface area contributed by atoms with Gasteiger partial charge in [0.25, 0.3) is 5.91 Å². The molecule has 20 heavy (non-hydrogen) atoms. The lowest BCUT2D eigenvalue weighted by Gasteiger charge is -2.15. The first-order valence-corrected chi connectivity index (χ1v) is 6.59. The predicted molar refractivity (Wildman–Crippen MR) is 66.3 cm³/mol. The van der Waals surface area contributed by atoms with Gasteiger partial charge in [0, 0.05) is 23.5 Å². The highest BCUT2D eigenvalue weighted by Gasteiger charge is 2.33. The number of β-amino-alcohol motifs (C(OH)–C–C–N with tert-alkyl or cyclic N) is 2. The lowest BCUT2D eigenvalue weighted by molar-refractivity contribution is -0.0328. The van der Waals surface area contributed by atoms with Crippen molar-refractivity contribution < 1.29 is 28.2 Å². The molecule has 0 spiro atoms. The van der Waals surface area contributed by atoms with Gasteiger partial charge in [-0.1, -0.05) is 0 Å². The molecule has 110 valence electrons. The fourth-order valence-electron chi connectivity index (χ4n) is 1.92. The maximum absolute atomic E-state index is 12.2. The lowest BCUT2D eigenvalue weighted by Crippen LogP contribution is -2.29. The summed E-state index contributed by atoms with van der Waals surface area (Å²) in [6.07, 6.45) is -1.97. The average molecular weight is 307 g/mol. The van der Waals surface area contributed by atoms with Gasteiger partial charge in [-0.3, -0.25) is 4.79 Å². The summed E-state index contributed by atoms with van der Waals surface area (Å²) in [5.74, 6) is -0.427. The van der Waals surface area contributed by atoms with Crippen LogP contribution in [0.25, 0.3) is 0 Å². The van der Waals surface area contributed by atoms with Crippen LogP contribution >= 0.6 is 11.8 Å². The summed E-state index contributed by atoms with van der Waals surface area (Å²) in [6.45, 7) is 0.0259. The number of benzene rings is 1. The number of likely N-dealkylation sites (tertiary alicyclic amines) is 1. The van der Waals surface area contributed by atoms with Crippen molar-refractivity contribution >= 4 is 17.7 Å². The zero-order valence-corrected chi connectivity index (χ0v) is 11.0. The molecule has 0 aliphatic carbocycles. The van der Waals surface area contributed by atoms with Crippen LogP contribution < -0.4 is 0 Å². The van der Waals surface area contributed by atoms with E-state index in [0.717, 1.165) is 0 Å². The summed E-state index contributed by atoms with van der Waals surface area (Å²) in [4.78, 5) is 13.3. The number of amides is 1. The Morgan fingerprint density at radius 3 is 2.10 bits per heavy atom. The third-order valence-electron chi connectivity index (χ3n) is 2.88. The highest BCUT2D eigenvalue weighted by atomic mass is 32.2. The second kappa shape index (κ2) is 5.63. The fourth-order valence-corrected chi connectivity index (χ4v) is 2.46. The van der Waals surface area contributed by atoms with Crippen molar-refractivity contribution in [2.45, 2.75) is 22.6 Å². The zero-order chi connectivity index (χ0) is 14.9. The Morgan fingerprint density at radius 1 is 1.15 bits per heavy atom. The van der Waals surface area contributed by atoms with E-state index in [4.69, 9.17) is 0 Å². The Hall–Kier alpha value is -1.25. The molecule has 1 saturated heterocycles. The Morgan fingerprint density at radius 2 is 1.65 bits per heavy atom. The van der Waals surface area contributed by atoms with Crippen molar-refractivity contribution in [2.24, 2.45) is 0 Å². The third-order valence-corrected chi connectivity index (χ3v) is 3.62. The van der Waals surface area contributed by atoms with Crippen molar-refractivity contribution in [3.8, 4) is 0 Å².